The molecule has 0 radical (unpaired) electrons. The summed E-state index contributed by atoms with van der Waals surface area (Å²) in [6.45, 7) is 0. The van der Waals surface area contributed by atoms with Crippen molar-refractivity contribution in [3.8, 4) is 0 Å². The molecule has 0 aromatic heterocycles. The third-order valence-corrected chi connectivity index (χ3v) is 7.73. The average Bonchev–Trinajstić information content (AvgIpc) is 3.11. The second-order valence-corrected chi connectivity index (χ2v) is 10.4. The van der Waals surface area contributed by atoms with Gasteiger partial charge in [-0.3, -0.25) is 0 Å². The maximum absolute atomic E-state index is 15.3. The largest absolute Gasteiger partial charge is 0.316 e. The van der Waals surface area contributed by atoms with Gasteiger partial charge in [0.1, 0.15) is 46.7 Å². The van der Waals surface area contributed by atoms with Crippen molar-refractivity contribution in [1.82, 2.24) is 0 Å². The zero-order chi connectivity index (χ0) is 36.5. The van der Waals surface area contributed by atoms with Gasteiger partial charge >= 0.3 is 0 Å². The Morgan fingerprint density at radius 3 is 0.857 bits per heavy atom. The van der Waals surface area contributed by atoms with Gasteiger partial charge in [-0.15, -0.1) is 22.7 Å². The second kappa shape index (κ2) is 14.3. The molecule has 0 spiro atoms. The first-order chi connectivity index (χ1) is 23.0. The van der Waals surface area contributed by atoms with Gasteiger partial charge in [-0.2, -0.15) is 0 Å². The topological polar surface area (TPSA) is 16.6 Å². The minimum absolute atomic E-state index is 0.607. The SMILES string of the molecule is C[NH2+]c1ccccc1.Fc1c(F)c(F)c([B-](Cc2ccccc2)(c2c(F)c(F)c(F)c(F)c2F)c2c(F)c(F)c(F)c(F)c2F)c(F)c1F. The molecule has 0 atom stereocenters. The highest BCUT2D eigenvalue weighted by atomic mass is 19.2. The van der Waals surface area contributed by atoms with Crippen LogP contribution in [-0.4, -0.2) is 13.2 Å². The van der Waals surface area contributed by atoms with Crippen LogP contribution in [0.5, 0.6) is 0 Å². The normalized spacial score (nSPS) is 11.4. The van der Waals surface area contributed by atoms with Gasteiger partial charge in [0.2, 0.25) is 0 Å². The van der Waals surface area contributed by atoms with Gasteiger partial charge < -0.3 is 5.32 Å². The van der Waals surface area contributed by atoms with E-state index in [0.29, 0.717) is 0 Å². The first-order valence-electron chi connectivity index (χ1n) is 13.6. The summed E-state index contributed by atoms with van der Waals surface area (Å²) in [7, 11) is 2.04. The van der Waals surface area contributed by atoms with Gasteiger partial charge in [0, 0.05) is 0 Å². The molecule has 17 heteroatoms. The van der Waals surface area contributed by atoms with Crippen molar-refractivity contribution in [2.24, 2.45) is 0 Å². The lowest BCUT2D eigenvalue weighted by atomic mass is 9.13. The van der Waals surface area contributed by atoms with E-state index in [1.54, 1.807) is 0 Å². The Morgan fingerprint density at radius 2 is 0.612 bits per heavy atom. The molecule has 0 aliphatic carbocycles. The van der Waals surface area contributed by atoms with Crippen molar-refractivity contribution >= 4 is 28.2 Å². The molecule has 5 aromatic rings. The van der Waals surface area contributed by atoms with E-state index >= 15 is 26.3 Å². The number of para-hydroxylation sites is 1. The number of benzene rings is 5. The van der Waals surface area contributed by atoms with E-state index in [4.69, 9.17) is 0 Å². The van der Waals surface area contributed by atoms with Crippen LogP contribution in [0.1, 0.15) is 5.56 Å². The predicted octanol–water partition coefficient (Wildman–Crippen LogP) is 6.54. The number of halogens is 15. The van der Waals surface area contributed by atoms with Gasteiger partial charge in [-0.05, 0) is 12.1 Å². The number of hydrogen-bond acceptors (Lipinski definition) is 0. The van der Waals surface area contributed by atoms with Gasteiger partial charge in [0.25, 0.3) is 0 Å². The maximum Gasteiger partial charge on any atom is 0.200 e. The molecule has 5 aromatic carbocycles. The molecular weight excluding hydrogens is 694 g/mol. The molecule has 0 fully saturated rings. The first-order valence-corrected chi connectivity index (χ1v) is 13.6. The summed E-state index contributed by atoms with van der Waals surface area (Å²) >= 11 is 0. The summed E-state index contributed by atoms with van der Waals surface area (Å²) in [6, 6.07) is 15.2. The Kier molecular flexibility index (Phi) is 10.8. The zero-order valence-corrected chi connectivity index (χ0v) is 24.3. The van der Waals surface area contributed by atoms with Crippen LogP contribution in [0.15, 0.2) is 60.7 Å². The highest BCUT2D eigenvalue weighted by Crippen LogP contribution is 2.30. The lowest BCUT2D eigenvalue weighted by molar-refractivity contribution is -0.539. The Bertz CT molecular complexity index is 1780. The van der Waals surface area contributed by atoms with E-state index in [0.717, 1.165) is 24.3 Å². The highest BCUT2D eigenvalue weighted by molar-refractivity contribution is 7.11. The van der Waals surface area contributed by atoms with Crippen molar-refractivity contribution in [2.45, 2.75) is 6.32 Å². The molecule has 0 saturated heterocycles. The van der Waals surface area contributed by atoms with Crippen LogP contribution in [0.25, 0.3) is 0 Å². The van der Waals surface area contributed by atoms with E-state index in [9.17, 15) is 39.5 Å². The summed E-state index contributed by atoms with van der Waals surface area (Å²) in [5.74, 6) is -45.2. The van der Waals surface area contributed by atoms with E-state index in [-0.39, 0.29) is 0 Å². The van der Waals surface area contributed by atoms with Crippen LogP contribution in [-0.2, 0) is 6.32 Å². The third-order valence-electron chi connectivity index (χ3n) is 7.73. The zero-order valence-electron chi connectivity index (χ0n) is 24.3. The van der Waals surface area contributed by atoms with Gasteiger partial charge in [0.15, 0.2) is 52.4 Å². The van der Waals surface area contributed by atoms with Crippen molar-refractivity contribution in [3.05, 3.63) is 153 Å². The minimum atomic E-state index is -5.59. The summed E-state index contributed by atoms with van der Waals surface area (Å²) < 4.78 is 220. The molecule has 0 aliphatic rings. The van der Waals surface area contributed by atoms with E-state index < -0.39 is 122 Å². The predicted molar refractivity (Wildman–Crippen MR) is 147 cm³/mol. The Balaban J connectivity index is 0.000000592. The Morgan fingerprint density at radius 1 is 0.367 bits per heavy atom. The van der Waals surface area contributed by atoms with Crippen LogP contribution in [0.2, 0.25) is 0 Å². The molecular formula is C32H17BF15N. The molecule has 49 heavy (non-hydrogen) atoms. The van der Waals surface area contributed by atoms with Crippen LogP contribution in [0.4, 0.5) is 71.5 Å². The van der Waals surface area contributed by atoms with Crippen molar-refractivity contribution in [3.63, 3.8) is 0 Å². The summed E-state index contributed by atoms with van der Waals surface area (Å²) in [5.41, 5.74) is -7.21. The highest BCUT2D eigenvalue weighted by Gasteiger charge is 2.48. The number of rotatable bonds is 6. The molecule has 0 amide bonds. The standard InChI is InChI=1S/C25H7BF15.C7H9N/c27-11-8(12(28)18(34)23(39)17(11)33)26(6-7-4-2-1-3-5-7,9-13(29)19(35)24(40)20(36)14(9)30)10-15(31)21(37)25(41)22(38)16(10)32;1-8-7-5-3-2-4-6-7/h1-5H,6H2;2-6,8H,1H3/q-1;/p+1. The van der Waals surface area contributed by atoms with Crippen LogP contribution >= 0.6 is 0 Å². The first kappa shape index (κ1) is 36.9. The van der Waals surface area contributed by atoms with E-state index in [1.165, 1.54) is 11.8 Å². The molecule has 1 nitrogen and oxygen atoms in total. The Hall–Kier alpha value is -4.93. The molecule has 0 saturated carbocycles. The summed E-state index contributed by atoms with van der Waals surface area (Å²) in [4.78, 5) is 0. The lowest BCUT2D eigenvalue weighted by Gasteiger charge is -2.44. The smallest absolute Gasteiger partial charge is 0.200 e. The molecule has 0 heterocycles. The van der Waals surface area contributed by atoms with Crippen LogP contribution < -0.4 is 21.7 Å². The van der Waals surface area contributed by atoms with E-state index in [1.807, 2.05) is 25.2 Å². The maximum atomic E-state index is 15.3. The van der Waals surface area contributed by atoms with Gasteiger partial charge in [0.05, 0.1) is 7.05 Å². The van der Waals surface area contributed by atoms with Gasteiger partial charge in [-0.1, -0.05) is 54.1 Å². The molecule has 2 N–H and O–H groups in total. The molecule has 0 bridgehead atoms. The van der Waals surface area contributed by atoms with Crippen LogP contribution in [0.3, 0.4) is 0 Å². The molecule has 0 unspecified atom stereocenters. The molecule has 258 valence electrons. The van der Waals surface area contributed by atoms with Crippen LogP contribution in [0, 0.1) is 87.3 Å². The third kappa shape index (κ3) is 6.22. The summed E-state index contributed by atoms with van der Waals surface area (Å²) in [6.07, 6.45) is -7.42. The second-order valence-electron chi connectivity index (χ2n) is 10.4. The van der Waals surface area contributed by atoms with Crippen molar-refractivity contribution in [1.29, 1.82) is 0 Å². The average molecular weight is 711 g/mol. The number of hydrogen-bond donors (Lipinski definition) is 1. The fourth-order valence-electron chi connectivity index (χ4n) is 5.52. The summed E-state index contributed by atoms with van der Waals surface area (Å²) in [5, 5.41) is 2.08. The monoisotopic (exact) mass is 711 g/mol. The fourth-order valence-corrected chi connectivity index (χ4v) is 5.52. The van der Waals surface area contributed by atoms with E-state index in [2.05, 4.69) is 17.4 Å². The van der Waals surface area contributed by atoms with Gasteiger partial charge in [-0.25, -0.2) is 65.9 Å². The lowest BCUT2D eigenvalue weighted by Crippen LogP contribution is -2.74. The van der Waals surface area contributed by atoms with Crippen molar-refractivity contribution < 1.29 is 71.2 Å². The Labute approximate surface area is 266 Å². The number of nitrogens with two attached hydrogens (primary N) is 1. The minimum Gasteiger partial charge on any atom is -0.316 e. The van der Waals surface area contributed by atoms with Crippen molar-refractivity contribution in [2.75, 3.05) is 7.05 Å². The molecule has 0 aliphatic heterocycles. The fraction of sp³-hybridized carbons (Fsp3) is 0.0625. The molecule has 5 rings (SSSR count). The number of quaternary nitrogens is 1. The quantitative estimate of drug-likeness (QED) is 0.0679.